The van der Waals surface area contributed by atoms with Crippen LogP contribution in [0.5, 0.6) is 0 Å². The number of nitrogens with zero attached hydrogens (tertiary/aromatic N) is 1. The minimum absolute atomic E-state index is 0.0505. The predicted octanol–water partition coefficient (Wildman–Crippen LogP) is 2.72. The van der Waals surface area contributed by atoms with Crippen LogP contribution in [0.1, 0.15) is 41.5 Å². The monoisotopic (exact) mass is 380 g/mol. The van der Waals surface area contributed by atoms with Crippen molar-refractivity contribution in [2.75, 3.05) is 18.4 Å². The Morgan fingerprint density at radius 1 is 1.14 bits per heavy atom. The number of aliphatic hydroxyl groups is 2. The molecule has 1 unspecified atom stereocenters. The lowest BCUT2D eigenvalue weighted by Gasteiger charge is -2.40. The molecule has 3 N–H and O–H groups in total. The van der Waals surface area contributed by atoms with Crippen LogP contribution in [0.15, 0.2) is 42.5 Å². The topological polar surface area (TPSA) is 72.8 Å². The summed E-state index contributed by atoms with van der Waals surface area (Å²) in [4.78, 5) is 13.7. The van der Waals surface area contributed by atoms with Crippen molar-refractivity contribution in [1.29, 1.82) is 0 Å². The van der Waals surface area contributed by atoms with Crippen LogP contribution in [0, 0.1) is 6.92 Å². The van der Waals surface area contributed by atoms with Crippen molar-refractivity contribution in [2.24, 2.45) is 0 Å². The maximum atomic E-state index is 11.6. The van der Waals surface area contributed by atoms with Gasteiger partial charge < -0.3 is 15.5 Å². The van der Waals surface area contributed by atoms with Gasteiger partial charge in [-0.05, 0) is 60.9 Å². The molecule has 2 aliphatic heterocycles. The first-order chi connectivity index (χ1) is 13.5. The van der Waals surface area contributed by atoms with Gasteiger partial charge in [0.15, 0.2) is 0 Å². The lowest BCUT2D eigenvalue weighted by molar-refractivity contribution is -0.115. The molecule has 2 heterocycles. The van der Waals surface area contributed by atoms with Crippen molar-refractivity contribution in [3.63, 3.8) is 0 Å². The first-order valence-electron chi connectivity index (χ1n) is 10.1. The molecule has 1 saturated heterocycles. The molecule has 0 radical (unpaired) electrons. The lowest BCUT2D eigenvalue weighted by Crippen LogP contribution is -2.47. The van der Waals surface area contributed by atoms with E-state index in [-0.39, 0.29) is 5.91 Å². The van der Waals surface area contributed by atoms with Crippen molar-refractivity contribution in [3.8, 4) is 0 Å². The standard InChI is InChI=1S/C23H28N2O3/c1-16-17(7-9-20-19(16)15-21(26)24-20)8-10-22(27)25-13-11-23(28,12-14-25)18-5-3-2-4-6-18/h2-7,9,22,27-28H,8,10-15H2,1H3,(H,24,26). The smallest absolute Gasteiger partial charge is 0.228 e. The Hall–Kier alpha value is -2.21. The number of carbonyl (C=O) groups is 1. The fraction of sp³-hybridized carbons (Fsp3) is 0.435. The second-order valence-corrected chi connectivity index (χ2v) is 8.05. The van der Waals surface area contributed by atoms with Crippen LogP contribution in [0.3, 0.4) is 0 Å². The molecule has 5 nitrogen and oxygen atoms in total. The first-order valence-corrected chi connectivity index (χ1v) is 10.1. The molecule has 2 aromatic carbocycles. The summed E-state index contributed by atoms with van der Waals surface area (Å²) in [5.41, 5.74) is 4.51. The molecule has 2 aromatic rings. The number of rotatable bonds is 5. The number of anilines is 1. The minimum atomic E-state index is -0.798. The maximum Gasteiger partial charge on any atom is 0.228 e. The number of carbonyl (C=O) groups excluding carboxylic acids is 1. The zero-order valence-corrected chi connectivity index (χ0v) is 16.3. The Labute approximate surface area is 166 Å². The summed E-state index contributed by atoms with van der Waals surface area (Å²) in [6, 6.07) is 13.8. The number of hydrogen-bond acceptors (Lipinski definition) is 4. The third kappa shape index (κ3) is 3.70. The summed E-state index contributed by atoms with van der Waals surface area (Å²) in [6.45, 7) is 3.41. The summed E-state index contributed by atoms with van der Waals surface area (Å²) in [5.74, 6) is 0.0505. The summed E-state index contributed by atoms with van der Waals surface area (Å²) in [5, 5.41) is 24.5. The normalized spacial score (nSPS) is 19.9. The van der Waals surface area contributed by atoms with Crippen molar-refractivity contribution < 1.29 is 15.0 Å². The summed E-state index contributed by atoms with van der Waals surface area (Å²) >= 11 is 0. The molecule has 4 rings (SSSR count). The maximum absolute atomic E-state index is 11.6. The Bertz CT molecular complexity index is 858. The SMILES string of the molecule is Cc1c(CCC(O)N2CCC(O)(c3ccccc3)CC2)ccc2c1CC(=O)N2. The number of aryl methyl sites for hydroxylation is 1. The highest BCUT2D eigenvalue weighted by Crippen LogP contribution is 2.34. The van der Waals surface area contributed by atoms with E-state index in [0.717, 1.165) is 28.8 Å². The zero-order chi connectivity index (χ0) is 19.7. The lowest BCUT2D eigenvalue weighted by atomic mass is 9.84. The molecule has 0 aromatic heterocycles. The van der Waals surface area contributed by atoms with E-state index >= 15 is 0 Å². The molecular weight excluding hydrogens is 352 g/mol. The van der Waals surface area contributed by atoms with Gasteiger partial charge in [0.2, 0.25) is 5.91 Å². The van der Waals surface area contributed by atoms with E-state index in [0.29, 0.717) is 38.8 Å². The molecule has 0 saturated carbocycles. The van der Waals surface area contributed by atoms with E-state index < -0.39 is 11.8 Å². The molecule has 0 aliphatic carbocycles. The number of piperidine rings is 1. The molecule has 148 valence electrons. The molecule has 2 aliphatic rings. The van der Waals surface area contributed by atoms with Crippen molar-refractivity contribution in [1.82, 2.24) is 4.90 Å². The number of fused-ring (bicyclic) bond motifs is 1. The third-order valence-corrected chi connectivity index (χ3v) is 6.35. The van der Waals surface area contributed by atoms with E-state index in [1.807, 2.05) is 36.4 Å². The van der Waals surface area contributed by atoms with Gasteiger partial charge in [0.1, 0.15) is 6.23 Å². The molecule has 0 bridgehead atoms. The van der Waals surface area contributed by atoms with Gasteiger partial charge in [0.05, 0.1) is 12.0 Å². The van der Waals surface area contributed by atoms with Crippen LogP contribution in [-0.2, 0) is 23.2 Å². The van der Waals surface area contributed by atoms with Crippen LogP contribution in [-0.4, -0.2) is 40.3 Å². The number of amides is 1. The van der Waals surface area contributed by atoms with Gasteiger partial charge in [0, 0.05) is 18.8 Å². The van der Waals surface area contributed by atoms with E-state index in [4.69, 9.17) is 0 Å². The molecule has 1 atom stereocenters. The quantitative estimate of drug-likeness (QED) is 0.746. The fourth-order valence-electron chi connectivity index (χ4n) is 4.47. The second kappa shape index (κ2) is 7.66. The summed E-state index contributed by atoms with van der Waals surface area (Å²) in [7, 11) is 0. The average molecular weight is 380 g/mol. The molecule has 5 heteroatoms. The number of nitrogens with one attached hydrogen (secondary N) is 1. The number of hydrogen-bond donors (Lipinski definition) is 3. The van der Waals surface area contributed by atoms with E-state index in [1.54, 1.807) is 0 Å². The second-order valence-electron chi connectivity index (χ2n) is 8.05. The van der Waals surface area contributed by atoms with E-state index in [1.165, 1.54) is 5.56 Å². The molecule has 1 amide bonds. The zero-order valence-electron chi connectivity index (χ0n) is 16.3. The fourth-order valence-corrected chi connectivity index (χ4v) is 4.47. The Morgan fingerprint density at radius 3 is 2.57 bits per heavy atom. The van der Waals surface area contributed by atoms with Gasteiger partial charge in [0.25, 0.3) is 0 Å². The van der Waals surface area contributed by atoms with Crippen molar-refractivity contribution in [2.45, 2.75) is 50.9 Å². The Balaban J connectivity index is 1.34. The molecule has 1 fully saturated rings. The number of benzene rings is 2. The largest absolute Gasteiger partial charge is 0.385 e. The molecular formula is C23H28N2O3. The molecule has 0 spiro atoms. The highest BCUT2D eigenvalue weighted by Gasteiger charge is 2.35. The van der Waals surface area contributed by atoms with E-state index in [2.05, 4.69) is 23.2 Å². The van der Waals surface area contributed by atoms with Crippen LogP contribution in [0.2, 0.25) is 0 Å². The third-order valence-electron chi connectivity index (χ3n) is 6.35. The van der Waals surface area contributed by atoms with Gasteiger partial charge >= 0.3 is 0 Å². The van der Waals surface area contributed by atoms with Gasteiger partial charge in [-0.1, -0.05) is 36.4 Å². The van der Waals surface area contributed by atoms with Gasteiger partial charge in [-0.3, -0.25) is 9.69 Å². The summed E-state index contributed by atoms with van der Waals surface area (Å²) < 4.78 is 0. The number of likely N-dealkylation sites (tertiary alicyclic amines) is 1. The van der Waals surface area contributed by atoms with Gasteiger partial charge in [-0.15, -0.1) is 0 Å². The predicted molar refractivity (Wildman–Crippen MR) is 109 cm³/mol. The highest BCUT2D eigenvalue weighted by molar-refractivity contribution is 5.99. The first kappa shape index (κ1) is 19.1. The summed E-state index contributed by atoms with van der Waals surface area (Å²) in [6.07, 6.45) is 2.59. The van der Waals surface area contributed by atoms with Crippen LogP contribution < -0.4 is 5.32 Å². The van der Waals surface area contributed by atoms with E-state index in [9.17, 15) is 15.0 Å². The van der Waals surface area contributed by atoms with Crippen LogP contribution in [0.25, 0.3) is 0 Å². The Morgan fingerprint density at radius 2 is 1.86 bits per heavy atom. The van der Waals surface area contributed by atoms with Gasteiger partial charge in [-0.2, -0.15) is 0 Å². The van der Waals surface area contributed by atoms with Crippen molar-refractivity contribution in [3.05, 3.63) is 64.7 Å². The van der Waals surface area contributed by atoms with Crippen LogP contribution in [0.4, 0.5) is 5.69 Å². The van der Waals surface area contributed by atoms with Crippen molar-refractivity contribution >= 4 is 11.6 Å². The molecule has 28 heavy (non-hydrogen) atoms. The number of aliphatic hydroxyl groups excluding tert-OH is 1. The Kier molecular flexibility index (Phi) is 5.23. The van der Waals surface area contributed by atoms with Crippen LogP contribution >= 0.6 is 0 Å². The minimum Gasteiger partial charge on any atom is -0.385 e. The highest BCUT2D eigenvalue weighted by atomic mass is 16.3. The average Bonchev–Trinajstić information content (AvgIpc) is 3.10. The van der Waals surface area contributed by atoms with Gasteiger partial charge in [-0.25, -0.2) is 0 Å².